The highest BCUT2D eigenvalue weighted by Crippen LogP contribution is 2.33. The van der Waals surface area contributed by atoms with Crippen molar-refractivity contribution in [1.82, 2.24) is 0 Å². The van der Waals surface area contributed by atoms with Crippen LogP contribution in [-0.4, -0.2) is 20.8 Å². The third-order valence-corrected chi connectivity index (χ3v) is 5.34. The zero-order valence-corrected chi connectivity index (χ0v) is 14.8. The Labute approximate surface area is 133 Å². The van der Waals surface area contributed by atoms with Gasteiger partial charge in [0.2, 0.25) is 9.05 Å². The Balaban J connectivity index is 2.93. The zero-order chi connectivity index (χ0) is 16.1. The average Bonchev–Trinajstić information content (AvgIpc) is 2.42. The molecule has 5 heteroatoms. The van der Waals surface area contributed by atoms with Crippen LogP contribution in [0.15, 0.2) is 24.3 Å². The van der Waals surface area contributed by atoms with Gasteiger partial charge in [-0.05, 0) is 30.4 Å². The second kappa shape index (κ2) is 7.50. The van der Waals surface area contributed by atoms with Gasteiger partial charge < -0.3 is 4.74 Å². The van der Waals surface area contributed by atoms with E-state index in [-0.39, 0.29) is 5.75 Å². The minimum absolute atomic E-state index is 0.0571. The fourth-order valence-electron chi connectivity index (χ4n) is 2.39. The molecule has 0 aliphatic heterocycles. The standard InChI is InChI=1S/C16H25ClO3S/c1-5-16(6-2,12-21(17,18)19)11-20-15-10-8-7-9-14(15)13(3)4/h7-10,13H,5-6,11-12H2,1-4H3. The predicted octanol–water partition coefficient (Wildman–Crippen LogP) is 4.56. The lowest BCUT2D eigenvalue weighted by Gasteiger charge is -2.30. The quantitative estimate of drug-likeness (QED) is 0.655. The van der Waals surface area contributed by atoms with Crippen molar-refractivity contribution in [3.8, 4) is 5.75 Å². The highest BCUT2D eigenvalue weighted by molar-refractivity contribution is 8.13. The van der Waals surface area contributed by atoms with E-state index in [0.717, 1.165) is 11.3 Å². The molecule has 0 fully saturated rings. The number of hydrogen-bond donors (Lipinski definition) is 0. The monoisotopic (exact) mass is 332 g/mol. The van der Waals surface area contributed by atoms with Crippen molar-refractivity contribution in [3.05, 3.63) is 29.8 Å². The normalized spacial score (nSPS) is 12.7. The van der Waals surface area contributed by atoms with Crippen molar-refractivity contribution in [2.75, 3.05) is 12.4 Å². The van der Waals surface area contributed by atoms with Crippen LogP contribution in [0, 0.1) is 5.41 Å². The summed E-state index contributed by atoms with van der Waals surface area (Å²) in [6, 6.07) is 7.88. The van der Waals surface area contributed by atoms with E-state index in [2.05, 4.69) is 13.8 Å². The van der Waals surface area contributed by atoms with Gasteiger partial charge in [-0.2, -0.15) is 0 Å². The molecule has 0 aromatic heterocycles. The SMILES string of the molecule is CCC(CC)(COc1ccccc1C(C)C)CS(=O)(=O)Cl. The highest BCUT2D eigenvalue weighted by Gasteiger charge is 2.32. The lowest BCUT2D eigenvalue weighted by molar-refractivity contribution is 0.153. The molecule has 1 aromatic rings. The van der Waals surface area contributed by atoms with Crippen LogP contribution in [-0.2, 0) is 9.05 Å². The van der Waals surface area contributed by atoms with Gasteiger partial charge in [0.05, 0.1) is 12.4 Å². The Bertz CT molecular complexity index is 548. The molecule has 21 heavy (non-hydrogen) atoms. The zero-order valence-electron chi connectivity index (χ0n) is 13.2. The second-order valence-corrected chi connectivity index (χ2v) is 8.65. The van der Waals surface area contributed by atoms with E-state index in [1.807, 2.05) is 38.1 Å². The van der Waals surface area contributed by atoms with Gasteiger partial charge in [0.1, 0.15) is 5.75 Å². The number of para-hydroxylation sites is 1. The fraction of sp³-hybridized carbons (Fsp3) is 0.625. The number of halogens is 1. The maximum Gasteiger partial charge on any atom is 0.233 e. The van der Waals surface area contributed by atoms with Crippen molar-refractivity contribution in [1.29, 1.82) is 0 Å². The molecule has 0 radical (unpaired) electrons. The Morgan fingerprint density at radius 1 is 1.19 bits per heavy atom. The Hall–Kier alpha value is -0.740. The molecule has 0 saturated carbocycles. The number of benzene rings is 1. The van der Waals surface area contributed by atoms with Crippen molar-refractivity contribution >= 4 is 19.7 Å². The summed E-state index contributed by atoms with van der Waals surface area (Å²) in [7, 11) is 1.91. The van der Waals surface area contributed by atoms with E-state index in [4.69, 9.17) is 15.4 Å². The lowest BCUT2D eigenvalue weighted by atomic mass is 9.85. The van der Waals surface area contributed by atoms with Crippen molar-refractivity contribution in [3.63, 3.8) is 0 Å². The van der Waals surface area contributed by atoms with Gasteiger partial charge in [-0.15, -0.1) is 0 Å². The summed E-state index contributed by atoms with van der Waals surface area (Å²) in [6.07, 6.45) is 1.42. The fourth-order valence-corrected chi connectivity index (χ4v) is 4.30. The number of hydrogen-bond acceptors (Lipinski definition) is 3. The van der Waals surface area contributed by atoms with Crippen LogP contribution < -0.4 is 4.74 Å². The molecular formula is C16H25ClO3S. The Kier molecular flexibility index (Phi) is 6.54. The second-order valence-electron chi connectivity index (χ2n) is 5.87. The van der Waals surface area contributed by atoms with Crippen molar-refractivity contribution < 1.29 is 13.2 Å². The summed E-state index contributed by atoms with van der Waals surface area (Å²) in [5.41, 5.74) is 0.692. The largest absolute Gasteiger partial charge is 0.493 e. The van der Waals surface area contributed by atoms with Gasteiger partial charge in [-0.1, -0.05) is 45.9 Å². The molecule has 1 aromatic carbocycles. The Morgan fingerprint density at radius 3 is 2.24 bits per heavy atom. The molecule has 0 aliphatic rings. The molecule has 0 heterocycles. The predicted molar refractivity (Wildman–Crippen MR) is 88.7 cm³/mol. The van der Waals surface area contributed by atoms with Gasteiger partial charge in [0.15, 0.2) is 0 Å². The first-order valence-corrected chi connectivity index (χ1v) is 9.85. The molecule has 3 nitrogen and oxygen atoms in total. The van der Waals surface area contributed by atoms with Crippen LogP contribution >= 0.6 is 10.7 Å². The molecule has 0 unspecified atom stereocenters. The number of ether oxygens (including phenoxy) is 1. The van der Waals surface area contributed by atoms with Crippen molar-refractivity contribution in [2.45, 2.75) is 46.5 Å². The van der Waals surface area contributed by atoms with E-state index >= 15 is 0 Å². The summed E-state index contributed by atoms with van der Waals surface area (Å²) in [4.78, 5) is 0. The molecule has 0 atom stereocenters. The summed E-state index contributed by atoms with van der Waals surface area (Å²) in [6.45, 7) is 8.53. The smallest absolute Gasteiger partial charge is 0.233 e. The third kappa shape index (κ3) is 5.51. The molecule has 0 bridgehead atoms. The maximum atomic E-state index is 11.5. The number of rotatable bonds is 8. The first-order chi connectivity index (χ1) is 9.73. The molecule has 0 aliphatic carbocycles. The van der Waals surface area contributed by atoms with Crippen molar-refractivity contribution in [2.24, 2.45) is 5.41 Å². The van der Waals surface area contributed by atoms with Crippen LogP contribution in [0.4, 0.5) is 0 Å². The van der Waals surface area contributed by atoms with E-state index in [0.29, 0.717) is 25.4 Å². The van der Waals surface area contributed by atoms with Gasteiger partial charge >= 0.3 is 0 Å². The molecule has 0 N–H and O–H groups in total. The van der Waals surface area contributed by atoms with E-state index in [1.165, 1.54) is 0 Å². The van der Waals surface area contributed by atoms with E-state index < -0.39 is 14.5 Å². The lowest BCUT2D eigenvalue weighted by Crippen LogP contribution is -2.34. The molecule has 0 saturated heterocycles. The van der Waals surface area contributed by atoms with Crippen LogP contribution in [0.1, 0.15) is 52.0 Å². The maximum absolute atomic E-state index is 11.5. The topological polar surface area (TPSA) is 43.4 Å². The minimum Gasteiger partial charge on any atom is -0.493 e. The van der Waals surface area contributed by atoms with E-state index in [9.17, 15) is 8.42 Å². The van der Waals surface area contributed by atoms with Gasteiger partial charge in [-0.3, -0.25) is 0 Å². The first kappa shape index (κ1) is 18.3. The first-order valence-electron chi connectivity index (χ1n) is 7.37. The summed E-state index contributed by atoms with van der Waals surface area (Å²) in [5.74, 6) is 1.12. The van der Waals surface area contributed by atoms with E-state index in [1.54, 1.807) is 0 Å². The third-order valence-electron chi connectivity index (χ3n) is 4.05. The van der Waals surface area contributed by atoms with Crippen LogP contribution in [0.5, 0.6) is 5.75 Å². The summed E-state index contributed by atoms with van der Waals surface area (Å²) in [5, 5.41) is 0. The summed E-state index contributed by atoms with van der Waals surface area (Å²) >= 11 is 0. The summed E-state index contributed by atoms with van der Waals surface area (Å²) < 4.78 is 28.9. The minimum atomic E-state index is -3.54. The van der Waals surface area contributed by atoms with Gasteiger partial charge in [0, 0.05) is 16.1 Å². The molecule has 0 spiro atoms. The molecule has 0 amide bonds. The van der Waals surface area contributed by atoms with Gasteiger partial charge in [0.25, 0.3) is 0 Å². The highest BCUT2D eigenvalue weighted by atomic mass is 35.7. The molecule has 1 rings (SSSR count). The van der Waals surface area contributed by atoms with Crippen LogP contribution in [0.3, 0.4) is 0 Å². The molecule has 120 valence electrons. The Morgan fingerprint density at radius 2 is 1.76 bits per heavy atom. The van der Waals surface area contributed by atoms with Crippen LogP contribution in [0.2, 0.25) is 0 Å². The van der Waals surface area contributed by atoms with Gasteiger partial charge in [-0.25, -0.2) is 8.42 Å². The van der Waals surface area contributed by atoms with Crippen LogP contribution in [0.25, 0.3) is 0 Å². The average molecular weight is 333 g/mol. The molecular weight excluding hydrogens is 308 g/mol.